The SMILES string of the molecule is CCOC(=O)NC(CNC(=NC)NC1CCN(c2cccc(F)c2)CC1)C1CC1.I. The van der Waals surface area contributed by atoms with Gasteiger partial charge in [0.05, 0.1) is 12.6 Å². The number of carbonyl (C=O) groups is 1. The first-order valence-corrected chi connectivity index (χ1v) is 10.5. The Balaban J connectivity index is 0.00000320. The van der Waals surface area contributed by atoms with Gasteiger partial charge in [0.1, 0.15) is 5.82 Å². The number of hydrogen-bond acceptors (Lipinski definition) is 4. The van der Waals surface area contributed by atoms with E-state index in [1.165, 1.54) is 6.07 Å². The Bertz CT molecular complexity index is 708. The summed E-state index contributed by atoms with van der Waals surface area (Å²) in [6.07, 6.45) is 3.79. The zero-order valence-corrected chi connectivity index (χ0v) is 20.0. The van der Waals surface area contributed by atoms with E-state index >= 15 is 0 Å². The minimum absolute atomic E-state index is 0. The fourth-order valence-corrected chi connectivity index (χ4v) is 3.71. The summed E-state index contributed by atoms with van der Waals surface area (Å²) in [7, 11) is 1.75. The number of rotatable bonds is 7. The number of nitrogens with zero attached hydrogens (tertiary/aromatic N) is 2. The molecule has 0 radical (unpaired) electrons. The summed E-state index contributed by atoms with van der Waals surface area (Å²) in [5.41, 5.74) is 0.934. The molecule has 1 amide bonds. The summed E-state index contributed by atoms with van der Waals surface area (Å²) in [4.78, 5) is 18.3. The van der Waals surface area contributed by atoms with Gasteiger partial charge in [0, 0.05) is 38.4 Å². The molecule has 1 unspecified atom stereocenters. The standard InChI is InChI=1S/C21H32FN5O2.HI/c1-3-29-21(28)26-19(15-7-8-15)14-24-20(23-2)25-17-9-11-27(12-10-17)18-6-4-5-16(22)13-18;/h4-6,13,15,17,19H,3,7-12,14H2,1-2H3,(H,26,28)(H2,23,24,25);1H. The number of nitrogens with one attached hydrogen (secondary N) is 3. The van der Waals surface area contributed by atoms with E-state index in [0.29, 0.717) is 25.1 Å². The molecule has 1 aromatic carbocycles. The maximum atomic E-state index is 13.5. The van der Waals surface area contributed by atoms with Crippen LogP contribution in [0, 0.1) is 11.7 Å². The van der Waals surface area contributed by atoms with Crippen molar-refractivity contribution in [2.45, 2.75) is 44.7 Å². The first kappa shape index (κ1) is 24.5. The summed E-state index contributed by atoms with van der Waals surface area (Å²) < 4.78 is 18.5. The molecule has 3 rings (SSSR count). The van der Waals surface area contributed by atoms with Crippen molar-refractivity contribution in [3.63, 3.8) is 0 Å². The maximum absolute atomic E-state index is 13.5. The zero-order valence-electron chi connectivity index (χ0n) is 17.7. The molecule has 0 aromatic heterocycles. The molecule has 3 N–H and O–H groups in total. The average molecular weight is 533 g/mol. The third kappa shape index (κ3) is 7.48. The quantitative estimate of drug-likeness (QED) is 0.285. The summed E-state index contributed by atoms with van der Waals surface area (Å²) in [6.45, 7) is 4.52. The molecule has 9 heteroatoms. The molecule has 1 atom stereocenters. The van der Waals surface area contributed by atoms with Crippen LogP contribution in [0.3, 0.4) is 0 Å². The number of ether oxygens (including phenoxy) is 1. The third-order valence-corrected chi connectivity index (χ3v) is 5.49. The van der Waals surface area contributed by atoms with Crippen LogP contribution in [0.25, 0.3) is 0 Å². The lowest BCUT2D eigenvalue weighted by molar-refractivity contribution is 0.146. The van der Waals surface area contributed by atoms with E-state index in [1.807, 2.05) is 6.07 Å². The van der Waals surface area contributed by atoms with E-state index in [2.05, 4.69) is 25.8 Å². The van der Waals surface area contributed by atoms with Crippen LogP contribution >= 0.6 is 24.0 Å². The number of aliphatic imine (C=N–C) groups is 1. The van der Waals surface area contributed by atoms with Crippen molar-refractivity contribution < 1.29 is 13.9 Å². The molecular formula is C21H33FIN5O2. The Kier molecular flexibility index (Phi) is 9.93. The molecule has 1 aliphatic carbocycles. The molecule has 1 saturated heterocycles. The van der Waals surface area contributed by atoms with Gasteiger partial charge in [0.25, 0.3) is 0 Å². The highest BCUT2D eigenvalue weighted by molar-refractivity contribution is 14.0. The van der Waals surface area contributed by atoms with E-state index in [4.69, 9.17) is 4.74 Å². The largest absolute Gasteiger partial charge is 0.450 e. The van der Waals surface area contributed by atoms with Crippen molar-refractivity contribution in [1.29, 1.82) is 0 Å². The highest BCUT2D eigenvalue weighted by Gasteiger charge is 2.32. The fraction of sp³-hybridized carbons (Fsp3) is 0.619. The van der Waals surface area contributed by atoms with Crippen molar-refractivity contribution in [3.8, 4) is 0 Å². The van der Waals surface area contributed by atoms with Gasteiger partial charge in [-0.2, -0.15) is 0 Å². The van der Waals surface area contributed by atoms with Gasteiger partial charge >= 0.3 is 6.09 Å². The highest BCUT2D eigenvalue weighted by Crippen LogP contribution is 2.32. The molecule has 168 valence electrons. The molecule has 1 heterocycles. The smallest absolute Gasteiger partial charge is 0.407 e. The van der Waals surface area contributed by atoms with E-state index < -0.39 is 0 Å². The van der Waals surface area contributed by atoms with Crippen molar-refractivity contribution in [3.05, 3.63) is 30.1 Å². The molecule has 1 aliphatic heterocycles. The Morgan fingerprint density at radius 2 is 2.03 bits per heavy atom. The van der Waals surface area contributed by atoms with Crippen molar-refractivity contribution in [2.75, 3.05) is 38.2 Å². The minimum Gasteiger partial charge on any atom is -0.450 e. The van der Waals surface area contributed by atoms with Crippen LogP contribution in [0.4, 0.5) is 14.9 Å². The van der Waals surface area contributed by atoms with Crippen LogP contribution in [-0.4, -0.2) is 57.4 Å². The van der Waals surface area contributed by atoms with Gasteiger partial charge in [-0.05, 0) is 56.7 Å². The number of hydrogen-bond donors (Lipinski definition) is 3. The lowest BCUT2D eigenvalue weighted by atomic mass is 10.0. The van der Waals surface area contributed by atoms with Crippen LogP contribution in [-0.2, 0) is 4.74 Å². The number of amides is 1. The van der Waals surface area contributed by atoms with Gasteiger partial charge in [0.15, 0.2) is 5.96 Å². The lowest BCUT2D eigenvalue weighted by Crippen LogP contribution is -2.52. The predicted molar refractivity (Wildman–Crippen MR) is 128 cm³/mol. The van der Waals surface area contributed by atoms with Crippen LogP contribution in [0.1, 0.15) is 32.6 Å². The molecule has 2 fully saturated rings. The average Bonchev–Trinajstić information content (AvgIpc) is 3.56. The Labute approximate surface area is 195 Å². The molecule has 2 aliphatic rings. The summed E-state index contributed by atoms with van der Waals surface area (Å²) in [6, 6.07) is 7.11. The van der Waals surface area contributed by atoms with Crippen LogP contribution in [0.2, 0.25) is 0 Å². The topological polar surface area (TPSA) is 78.0 Å². The number of alkyl carbamates (subject to hydrolysis) is 1. The van der Waals surface area contributed by atoms with Gasteiger partial charge in [-0.1, -0.05) is 6.07 Å². The van der Waals surface area contributed by atoms with Gasteiger partial charge in [-0.3, -0.25) is 4.99 Å². The maximum Gasteiger partial charge on any atom is 0.407 e. The second-order valence-corrected chi connectivity index (χ2v) is 7.65. The van der Waals surface area contributed by atoms with Gasteiger partial charge in [-0.15, -0.1) is 24.0 Å². The molecule has 0 bridgehead atoms. The molecule has 1 saturated carbocycles. The van der Waals surface area contributed by atoms with E-state index in [0.717, 1.165) is 50.4 Å². The number of carbonyl (C=O) groups excluding carboxylic acids is 1. The van der Waals surface area contributed by atoms with E-state index in [9.17, 15) is 9.18 Å². The molecular weight excluding hydrogens is 500 g/mol. The highest BCUT2D eigenvalue weighted by atomic mass is 127. The van der Waals surface area contributed by atoms with Crippen molar-refractivity contribution >= 4 is 41.7 Å². The summed E-state index contributed by atoms with van der Waals surface area (Å²) >= 11 is 0. The van der Waals surface area contributed by atoms with Gasteiger partial charge in [-0.25, -0.2) is 9.18 Å². The second-order valence-electron chi connectivity index (χ2n) is 7.65. The number of halogens is 2. The van der Waals surface area contributed by atoms with Crippen LogP contribution in [0.5, 0.6) is 0 Å². The van der Waals surface area contributed by atoms with Gasteiger partial charge < -0.3 is 25.6 Å². The van der Waals surface area contributed by atoms with Gasteiger partial charge in [0.2, 0.25) is 0 Å². The van der Waals surface area contributed by atoms with Crippen molar-refractivity contribution in [2.24, 2.45) is 10.9 Å². The predicted octanol–water partition coefficient (Wildman–Crippen LogP) is 3.10. The Morgan fingerprint density at radius 3 is 2.63 bits per heavy atom. The Morgan fingerprint density at radius 1 is 1.30 bits per heavy atom. The van der Waals surface area contributed by atoms with Crippen molar-refractivity contribution in [1.82, 2.24) is 16.0 Å². The molecule has 1 aromatic rings. The second kappa shape index (κ2) is 12.2. The van der Waals surface area contributed by atoms with Crippen LogP contribution in [0.15, 0.2) is 29.3 Å². The third-order valence-electron chi connectivity index (χ3n) is 5.49. The molecule has 7 nitrogen and oxygen atoms in total. The number of anilines is 1. The lowest BCUT2D eigenvalue weighted by Gasteiger charge is -2.34. The normalized spacial score (nSPS) is 18.2. The first-order chi connectivity index (χ1) is 14.1. The van der Waals surface area contributed by atoms with Crippen LogP contribution < -0.4 is 20.9 Å². The molecule has 0 spiro atoms. The number of benzene rings is 1. The Hall–Kier alpha value is -1.78. The fourth-order valence-electron chi connectivity index (χ4n) is 3.71. The zero-order chi connectivity index (χ0) is 20.6. The number of piperidine rings is 1. The summed E-state index contributed by atoms with van der Waals surface area (Å²) in [5, 5.41) is 9.77. The van der Waals surface area contributed by atoms with E-state index in [-0.39, 0.29) is 41.9 Å². The first-order valence-electron chi connectivity index (χ1n) is 10.5. The monoisotopic (exact) mass is 533 g/mol. The molecule has 30 heavy (non-hydrogen) atoms. The minimum atomic E-state index is -0.362. The van der Waals surface area contributed by atoms with E-state index in [1.54, 1.807) is 26.1 Å². The summed E-state index contributed by atoms with van der Waals surface area (Å²) in [5.74, 6) is 1.04. The number of guanidine groups is 1.